The molecule has 0 saturated heterocycles. The van der Waals surface area contributed by atoms with Crippen molar-refractivity contribution in [3.63, 3.8) is 0 Å². The van der Waals surface area contributed by atoms with E-state index in [9.17, 15) is 0 Å². The minimum atomic E-state index is 0.664. The molecule has 0 aliphatic heterocycles. The van der Waals surface area contributed by atoms with Crippen LogP contribution < -0.4 is 11.1 Å². The predicted molar refractivity (Wildman–Crippen MR) is 65.5 cm³/mol. The SMILES string of the molecule is COCCCCNc1ccc(Cl)cc1N. The molecule has 1 rings (SSSR count). The molecule has 0 atom stereocenters. The predicted octanol–water partition coefficient (Wildman–Crippen LogP) is 2.76. The lowest BCUT2D eigenvalue weighted by Crippen LogP contribution is -2.05. The molecule has 84 valence electrons. The number of anilines is 2. The zero-order valence-electron chi connectivity index (χ0n) is 8.92. The number of unbranched alkanes of at least 4 members (excludes halogenated alkanes) is 1. The van der Waals surface area contributed by atoms with Gasteiger partial charge in [-0.15, -0.1) is 0 Å². The van der Waals surface area contributed by atoms with Crippen molar-refractivity contribution in [3.05, 3.63) is 23.2 Å². The Labute approximate surface area is 95.6 Å². The van der Waals surface area contributed by atoms with Crippen molar-refractivity contribution in [1.29, 1.82) is 0 Å². The van der Waals surface area contributed by atoms with E-state index in [1.165, 1.54) is 0 Å². The highest BCUT2D eigenvalue weighted by atomic mass is 35.5. The van der Waals surface area contributed by atoms with E-state index in [1.54, 1.807) is 13.2 Å². The quantitative estimate of drug-likeness (QED) is 0.582. The van der Waals surface area contributed by atoms with Crippen molar-refractivity contribution >= 4 is 23.0 Å². The first kappa shape index (κ1) is 12.1. The first-order valence-corrected chi connectivity index (χ1v) is 5.39. The number of halogens is 1. The van der Waals surface area contributed by atoms with Crippen LogP contribution in [0.5, 0.6) is 0 Å². The minimum Gasteiger partial charge on any atom is -0.397 e. The summed E-state index contributed by atoms with van der Waals surface area (Å²) in [6.07, 6.45) is 2.12. The van der Waals surface area contributed by atoms with Crippen molar-refractivity contribution in [2.45, 2.75) is 12.8 Å². The number of rotatable bonds is 6. The average Bonchev–Trinajstić information content (AvgIpc) is 2.20. The summed E-state index contributed by atoms with van der Waals surface area (Å²) >= 11 is 5.80. The molecule has 0 amide bonds. The molecule has 0 spiro atoms. The van der Waals surface area contributed by atoms with E-state index in [0.29, 0.717) is 10.7 Å². The maximum atomic E-state index is 5.80. The molecule has 1 aromatic rings. The van der Waals surface area contributed by atoms with Gasteiger partial charge in [-0.05, 0) is 31.0 Å². The van der Waals surface area contributed by atoms with Gasteiger partial charge in [-0.1, -0.05) is 11.6 Å². The van der Waals surface area contributed by atoms with E-state index in [2.05, 4.69) is 5.32 Å². The van der Waals surface area contributed by atoms with Crippen LogP contribution in [0.15, 0.2) is 18.2 Å². The number of methoxy groups -OCH3 is 1. The second-order valence-electron chi connectivity index (χ2n) is 3.36. The molecule has 1 aromatic carbocycles. The Bertz CT molecular complexity index is 305. The van der Waals surface area contributed by atoms with Gasteiger partial charge in [0.25, 0.3) is 0 Å². The topological polar surface area (TPSA) is 47.3 Å². The van der Waals surface area contributed by atoms with E-state index in [1.807, 2.05) is 12.1 Å². The molecule has 0 fully saturated rings. The number of benzene rings is 1. The number of nitrogens with one attached hydrogen (secondary N) is 1. The van der Waals surface area contributed by atoms with E-state index >= 15 is 0 Å². The molecule has 0 aliphatic carbocycles. The fourth-order valence-electron chi connectivity index (χ4n) is 1.29. The molecule has 3 N–H and O–H groups in total. The van der Waals surface area contributed by atoms with Gasteiger partial charge in [0.15, 0.2) is 0 Å². The van der Waals surface area contributed by atoms with Gasteiger partial charge in [0.2, 0.25) is 0 Å². The first-order valence-electron chi connectivity index (χ1n) is 5.02. The number of hydrogen-bond donors (Lipinski definition) is 2. The fraction of sp³-hybridized carbons (Fsp3) is 0.455. The molecule has 15 heavy (non-hydrogen) atoms. The Morgan fingerprint density at radius 1 is 1.40 bits per heavy atom. The lowest BCUT2D eigenvalue weighted by molar-refractivity contribution is 0.194. The average molecular weight is 229 g/mol. The van der Waals surface area contributed by atoms with Crippen molar-refractivity contribution in [2.75, 3.05) is 31.3 Å². The lowest BCUT2D eigenvalue weighted by Gasteiger charge is -2.09. The summed E-state index contributed by atoms with van der Waals surface area (Å²) in [4.78, 5) is 0. The van der Waals surface area contributed by atoms with Crippen LogP contribution in [0.4, 0.5) is 11.4 Å². The molecule has 0 aliphatic rings. The highest BCUT2D eigenvalue weighted by Crippen LogP contribution is 2.22. The van der Waals surface area contributed by atoms with Crippen molar-refractivity contribution < 1.29 is 4.74 Å². The van der Waals surface area contributed by atoms with Crippen molar-refractivity contribution in [3.8, 4) is 0 Å². The van der Waals surface area contributed by atoms with Crippen molar-refractivity contribution in [1.82, 2.24) is 0 Å². The highest BCUT2D eigenvalue weighted by Gasteiger charge is 1.98. The van der Waals surface area contributed by atoms with Crippen LogP contribution in [-0.4, -0.2) is 20.3 Å². The third kappa shape index (κ3) is 4.40. The summed E-state index contributed by atoms with van der Waals surface area (Å²) in [6.45, 7) is 1.70. The summed E-state index contributed by atoms with van der Waals surface area (Å²) in [7, 11) is 1.71. The molecule has 4 heteroatoms. The molecular formula is C11H17ClN2O. The van der Waals surface area contributed by atoms with Gasteiger partial charge in [-0.3, -0.25) is 0 Å². The van der Waals surface area contributed by atoms with Crippen LogP contribution in [0, 0.1) is 0 Å². The van der Waals surface area contributed by atoms with Gasteiger partial charge in [0, 0.05) is 25.3 Å². The van der Waals surface area contributed by atoms with Crippen LogP contribution >= 0.6 is 11.6 Å². The number of nitrogen functional groups attached to an aromatic ring is 1. The van der Waals surface area contributed by atoms with Crippen molar-refractivity contribution in [2.24, 2.45) is 0 Å². The molecule has 3 nitrogen and oxygen atoms in total. The Balaban J connectivity index is 2.31. The van der Waals surface area contributed by atoms with E-state index in [0.717, 1.165) is 31.7 Å². The largest absolute Gasteiger partial charge is 0.397 e. The molecule has 0 bridgehead atoms. The summed E-state index contributed by atoms with van der Waals surface area (Å²) in [5, 5.41) is 3.92. The van der Waals surface area contributed by atoms with Gasteiger partial charge < -0.3 is 15.8 Å². The van der Waals surface area contributed by atoms with E-state index < -0.39 is 0 Å². The monoisotopic (exact) mass is 228 g/mol. The summed E-state index contributed by atoms with van der Waals surface area (Å²) < 4.78 is 4.96. The van der Waals surface area contributed by atoms with Crippen LogP contribution in [0.3, 0.4) is 0 Å². The Kier molecular flexibility index (Phi) is 5.29. The second-order valence-corrected chi connectivity index (χ2v) is 3.79. The van der Waals surface area contributed by atoms with Crippen LogP contribution in [0.2, 0.25) is 5.02 Å². The Morgan fingerprint density at radius 3 is 2.87 bits per heavy atom. The minimum absolute atomic E-state index is 0.664. The highest BCUT2D eigenvalue weighted by molar-refractivity contribution is 6.31. The summed E-state index contributed by atoms with van der Waals surface area (Å²) in [5.74, 6) is 0. The van der Waals surface area contributed by atoms with Gasteiger partial charge in [-0.2, -0.15) is 0 Å². The van der Waals surface area contributed by atoms with Crippen LogP contribution in [-0.2, 0) is 4.74 Å². The number of hydrogen-bond acceptors (Lipinski definition) is 3. The molecule has 0 unspecified atom stereocenters. The fourth-order valence-corrected chi connectivity index (χ4v) is 1.47. The summed E-state index contributed by atoms with van der Waals surface area (Å²) in [5.41, 5.74) is 7.42. The van der Waals surface area contributed by atoms with E-state index in [4.69, 9.17) is 22.1 Å². The molecule has 0 heterocycles. The zero-order chi connectivity index (χ0) is 11.1. The zero-order valence-corrected chi connectivity index (χ0v) is 9.68. The summed E-state index contributed by atoms with van der Waals surface area (Å²) in [6, 6.07) is 5.47. The molecule has 0 aromatic heterocycles. The number of nitrogens with two attached hydrogens (primary N) is 1. The lowest BCUT2D eigenvalue weighted by atomic mass is 10.2. The smallest absolute Gasteiger partial charge is 0.0574 e. The van der Waals surface area contributed by atoms with Gasteiger partial charge in [0.1, 0.15) is 0 Å². The van der Waals surface area contributed by atoms with Gasteiger partial charge in [-0.25, -0.2) is 0 Å². The van der Waals surface area contributed by atoms with E-state index in [-0.39, 0.29) is 0 Å². The Hall–Kier alpha value is -0.930. The molecular weight excluding hydrogens is 212 g/mol. The third-order valence-corrected chi connectivity index (χ3v) is 2.34. The third-order valence-electron chi connectivity index (χ3n) is 2.10. The first-order chi connectivity index (χ1) is 7.24. The second kappa shape index (κ2) is 6.53. The van der Waals surface area contributed by atoms with Gasteiger partial charge >= 0.3 is 0 Å². The maximum absolute atomic E-state index is 5.80. The molecule has 0 saturated carbocycles. The van der Waals surface area contributed by atoms with Crippen LogP contribution in [0.1, 0.15) is 12.8 Å². The Morgan fingerprint density at radius 2 is 2.20 bits per heavy atom. The number of ether oxygens (including phenoxy) is 1. The molecule has 0 radical (unpaired) electrons. The normalized spacial score (nSPS) is 10.3. The maximum Gasteiger partial charge on any atom is 0.0574 e. The van der Waals surface area contributed by atoms with Gasteiger partial charge in [0.05, 0.1) is 11.4 Å². The van der Waals surface area contributed by atoms with Crippen LogP contribution in [0.25, 0.3) is 0 Å². The standard InChI is InChI=1S/C11H17ClN2O/c1-15-7-3-2-6-14-11-5-4-9(12)8-10(11)13/h4-5,8,14H,2-3,6-7,13H2,1H3.